The summed E-state index contributed by atoms with van der Waals surface area (Å²) in [4.78, 5) is 0. The van der Waals surface area contributed by atoms with Crippen LogP contribution in [0.1, 0.15) is 32.3 Å². The van der Waals surface area contributed by atoms with Gasteiger partial charge in [0.15, 0.2) is 0 Å². The van der Waals surface area contributed by atoms with Crippen LogP contribution >= 0.6 is 0 Å². The highest BCUT2D eigenvalue weighted by molar-refractivity contribution is 5.13. The van der Waals surface area contributed by atoms with E-state index in [0.717, 1.165) is 18.5 Å². The van der Waals surface area contributed by atoms with E-state index in [0.29, 0.717) is 6.42 Å². The summed E-state index contributed by atoms with van der Waals surface area (Å²) in [6.07, 6.45) is 6.94. The zero-order chi connectivity index (χ0) is 10.6. The topological polar surface area (TPSA) is 38.1 Å². The standard InChI is InChI=1S/C11H18N2O/c1-4-6-7-11(3,14)10-8-12-13(5-2)9-10/h4,8-9,14H,1,5-7H2,2-3H3. The number of hydrogen-bond acceptors (Lipinski definition) is 2. The smallest absolute Gasteiger partial charge is 0.0901 e. The van der Waals surface area contributed by atoms with Crippen molar-refractivity contribution in [3.63, 3.8) is 0 Å². The summed E-state index contributed by atoms with van der Waals surface area (Å²) in [5.41, 5.74) is 0.0860. The molecule has 1 heterocycles. The van der Waals surface area contributed by atoms with Crippen LogP contribution < -0.4 is 0 Å². The van der Waals surface area contributed by atoms with E-state index in [1.165, 1.54) is 0 Å². The lowest BCUT2D eigenvalue weighted by molar-refractivity contribution is 0.0487. The maximum absolute atomic E-state index is 10.1. The Hall–Kier alpha value is -1.09. The molecule has 0 radical (unpaired) electrons. The Morgan fingerprint density at radius 2 is 2.43 bits per heavy atom. The van der Waals surface area contributed by atoms with E-state index in [1.807, 2.05) is 30.8 Å². The number of hydrogen-bond donors (Lipinski definition) is 1. The number of allylic oxidation sites excluding steroid dienone is 1. The minimum absolute atomic E-state index is 0.686. The summed E-state index contributed by atoms with van der Waals surface area (Å²) in [6.45, 7) is 8.31. The van der Waals surface area contributed by atoms with Gasteiger partial charge in [-0.25, -0.2) is 0 Å². The molecule has 0 amide bonds. The average molecular weight is 194 g/mol. The lowest BCUT2D eigenvalue weighted by Gasteiger charge is -2.20. The third-order valence-electron chi connectivity index (χ3n) is 2.41. The second kappa shape index (κ2) is 4.42. The summed E-state index contributed by atoms with van der Waals surface area (Å²) < 4.78 is 1.82. The van der Waals surface area contributed by atoms with Crippen molar-refractivity contribution in [3.05, 3.63) is 30.6 Å². The van der Waals surface area contributed by atoms with E-state index < -0.39 is 5.60 Å². The highest BCUT2D eigenvalue weighted by Crippen LogP contribution is 2.25. The molecule has 3 nitrogen and oxygen atoms in total. The molecule has 0 bridgehead atoms. The Morgan fingerprint density at radius 1 is 1.71 bits per heavy atom. The Kier molecular flexibility index (Phi) is 3.47. The molecule has 0 aliphatic carbocycles. The van der Waals surface area contributed by atoms with Crippen LogP contribution in [0.4, 0.5) is 0 Å². The van der Waals surface area contributed by atoms with E-state index in [4.69, 9.17) is 0 Å². The normalized spacial score (nSPS) is 15.1. The lowest BCUT2D eigenvalue weighted by atomic mass is 9.94. The maximum atomic E-state index is 10.1. The lowest BCUT2D eigenvalue weighted by Crippen LogP contribution is -2.19. The minimum Gasteiger partial charge on any atom is -0.385 e. The fraction of sp³-hybridized carbons (Fsp3) is 0.545. The third kappa shape index (κ3) is 2.45. The van der Waals surface area contributed by atoms with Crippen LogP contribution in [0.25, 0.3) is 0 Å². The predicted octanol–water partition coefficient (Wildman–Crippen LogP) is 2.08. The van der Waals surface area contributed by atoms with Crippen LogP contribution in [0.3, 0.4) is 0 Å². The van der Waals surface area contributed by atoms with Gasteiger partial charge in [0.1, 0.15) is 0 Å². The number of nitrogens with zero attached hydrogens (tertiary/aromatic N) is 2. The first-order valence-electron chi connectivity index (χ1n) is 4.96. The summed E-state index contributed by atoms with van der Waals surface area (Å²) in [5, 5.41) is 14.3. The molecule has 1 atom stereocenters. The largest absolute Gasteiger partial charge is 0.385 e. The van der Waals surface area contributed by atoms with Crippen LogP contribution in [0.2, 0.25) is 0 Å². The van der Waals surface area contributed by atoms with Crippen molar-refractivity contribution in [2.75, 3.05) is 0 Å². The molecule has 1 rings (SSSR count). The van der Waals surface area contributed by atoms with Gasteiger partial charge >= 0.3 is 0 Å². The zero-order valence-corrected chi connectivity index (χ0v) is 8.90. The van der Waals surface area contributed by atoms with Crippen LogP contribution in [0.5, 0.6) is 0 Å². The molecule has 0 spiro atoms. The van der Waals surface area contributed by atoms with Gasteiger partial charge in [-0.05, 0) is 26.7 Å². The van der Waals surface area contributed by atoms with Gasteiger partial charge in [-0.15, -0.1) is 6.58 Å². The monoisotopic (exact) mass is 194 g/mol. The first-order valence-corrected chi connectivity index (χ1v) is 4.96. The SMILES string of the molecule is C=CCCC(C)(O)c1cnn(CC)c1. The van der Waals surface area contributed by atoms with Gasteiger partial charge in [-0.2, -0.15) is 5.10 Å². The van der Waals surface area contributed by atoms with Gasteiger partial charge in [0, 0.05) is 18.3 Å². The number of rotatable bonds is 5. The van der Waals surface area contributed by atoms with Gasteiger partial charge < -0.3 is 5.11 Å². The molecule has 1 unspecified atom stereocenters. The van der Waals surface area contributed by atoms with Gasteiger partial charge in [-0.3, -0.25) is 4.68 Å². The molecule has 0 fully saturated rings. The molecule has 3 heteroatoms. The summed E-state index contributed by atoms with van der Waals surface area (Å²) in [5.74, 6) is 0. The van der Waals surface area contributed by atoms with Crippen LogP contribution in [-0.4, -0.2) is 14.9 Å². The predicted molar refractivity (Wildman–Crippen MR) is 56.9 cm³/mol. The molecule has 78 valence electrons. The Bertz CT molecular complexity index is 302. The van der Waals surface area contributed by atoms with Crippen molar-refractivity contribution in [1.29, 1.82) is 0 Å². The first kappa shape index (κ1) is 11.0. The first-order chi connectivity index (χ1) is 6.60. The van der Waals surface area contributed by atoms with Crippen LogP contribution in [0, 0.1) is 0 Å². The number of aliphatic hydroxyl groups is 1. The van der Waals surface area contributed by atoms with E-state index in [1.54, 1.807) is 6.20 Å². The van der Waals surface area contributed by atoms with E-state index in [9.17, 15) is 5.11 Å². The van der Waals surface area contributed by atoms with Crippen molar-refractivity contribution in [2.45, 2.75) is 38.8 Å². The molecular weight excluding hydrogens is 176 g/mol. The van der Waals surface area contributed by atoms with Gasteiger partial charge in [0.25, 0.3) is 0 Å². The highest BCUT2D eigenvalue weighted by Gasteiger charge is 2.23. The molecular formula is C11H18N2O. The van der Waals surface area contributed by atoms with Crippen LogP contribution in [0.15, 0.2) is 25.0 Å². The Morgan fingerprint density at radius 3 is 2.93 bits per heavy atom. The number of aromatic nitrogens is 2. The summed E-state index contributed by atoms with van der Waals surface area (Å²) in [6, 6.07) is 0. The van der Waals surface area contributed by atoms with Crippen molar-refractivity contribution in [3.8, 4) is 0 Å². The van der Waals surface area contributed by atoms with Gasteiger partial charge in [-0.1, -0.05) is 6.08 Å². The molecule has 0 aliphatic rings. The van der Waals surface area contributed by atoms with Gasteiger partial charge in [0.2, 0.25) is 0 Å². The quantitative estimate of drug-likeness (QED) is 0.729. The maximum Gasteiger partial charge on any atom is 0.0901 e. The van der Waals surface area contributed by atoms with Crippen molar-refractivity contribution in [1.82, 2.24) is 9.78 Å². The molecule has 1 N–H and O–H groups in total. The Balaban J connectivity index is 2.74. The van der Waals surface area contributed by atoms with Gasteiger partial charge in [0.05, 0.1) is 11.8 Å². The Labute approximate surface area is 85.1 Å². The molecule has 1 aromatic rings. The highest BCUT2D eigenvalue weighted by atomic mass is 16.3. The van der Waals surface area contributed by atoms with E-state index >= 15 is 0 Å². The number of aryl methyl sites for hydroxylation is 1. The minimum atomic E-state index is -0.790. The second-order valence-corrected chi connectivity index (χ2v) is 3.69. The van der Waals surface area contributed by atoms with E-state index in [-0.39, 0.29) is 0 Å². The molecule has 0 saturated carbocycles. The van der Waals surface area contributed by atoms with E-state index in [2.05, 4.69) is 11.7 Å². The second-order valence-electron chi connectivity index (χ2n) is 3.69. The van der Waals surface area contributed by atoms with Crippen molar-refractivity contribution in [2.24, 2.45) is 0 Å². The average Bonchev–Trinajstić information content (AvgIpc) is 2.63. The molecule has 0 aromatic carbocycles. The van der Waals surface area contributed by atoms with Crippen molar-refractivity contribution >= 4 is 0 Å². The molecule has 0 aliphatic heterocycles. The fourth-order valence-electron chi connectivity index (χ4n) is 1.34. The molecule has 0 saturated heterocycles. The summed E-state index contributed by atoms with van der Waals surface area (Å²) >= 11 is 0. The van der Waals surface area contributed by atoms with Crippen molar-refractivity contribution < 1.29 is 5.11 Å². The molecule has 14 heavy (non-hydrogen) atoms. The summed E-state index contributed by atoms with van der Waals surface area (Å²) in [7, 11) is 0. The molecule has 1 aromatic heterocycles. The van der Waals surface area contributed by atoms with Crippen LogP contribution in [-0.2, 0) is 12.1 Å². The zero-order valence-electron chi connectivity index (χ0n) is 8.90. The fourth-order valence-corrected chi connectivity index (χ4v) is 1.34. The third-order valence-corrected chi connectivity index (χ3v) is 2.41.